The molecule has 1 atom stereocenters. The topological polar surface area (TPSA) is 123 Å². The number of aliphatic carboxylic acids is 1. The zero-order valence-electron chi connectivity index (χ0n) is 18.9. The molecule has 1 aliphatic carbocycles. The minimum absolute atomic E-state index is 0.0834. The Balaban J connectivity index is 1.40. The summed E-state index contributed by atoms with van der Waals surface area (Å²) in [6.07, 6.45) is 2.38. The number of rotatable bonds is 8. The number of amides is 2. The second-order valence-corrected chi connectivity index (χ2v) is 8.41. The third kappa shape index (κ3) is 4.63. The number of carbonyl (C=O) groups excluding carboxylic acids is 2. The Morgan fingerprint density at radius 3 is 2.29 bits per heavy atom. The van der Waals surface area contributed by atoms with Crippen molar-refractivity contribution in [3.63, 3.8) is 0 Å². The molecule has 9 heteroatoms. The molecular weight excluding hydrogens is 436 g/mol. The van der Waals surface area contributed by atoms with Crippen LogP contribution in [-0.4, -0.2) is 45.0 Å². The number of ether oxygens (including phenoxy) is 1. The molecule has 34 heavy (non-hydrogen) atoms. The maximum Gasteiger partial charge on any atom is 0.408 e. The van der Waals surface area contributed by atoms with Crippen molar-refractivity contribution in [2.45, 2.75) is 38.3 Å². The number of nitrogens with zero attached hydrogens (tertiary/aromatic N) is 2. The van der Waals surface area contributed by atoms with Crippen LogP contribution in [-0.2, 0) is 20.9 Å². The molecular formula is C25H26N4O5. The molecule has 0 bridgehead atoms. The van der Waals surface area contributed by atoms with Crippen LogP contribution in [0, 0.1) is 0 Å². The molecule has 0 aliphatic heterocycles. The fraction of sp³-hybridized carbons (Fsp3) is 0.280. The van der Waals surface area contributed by atoms with Gasteiger partial charge in [-0.1, -0.05) is 55.5 Å². The van der Waals surface area contributed by atoms with Gasteiger partial charge in [0.05, 0.1) is 11.9 Å². The molecule has 0 fully saturated rings. The van der Waals surface area contributed by atoms with E-state index in [1.165, 1.54) is 17.1 Å². The van der Waals surface area contributed by atoms with Crippen molar-refractivity contribution < 1.29 is 24.2 Å². The predicted octanol–water partition coefficient (Wildman–Crippen LogP) is 3.61. The Labute approximate surface area is 196 Å². The van der Waals surface area contributed by atoms with E-state index in [1.807, 2.05) is 36.4 Å². The molecule has 0 radical (unpaired) electrons. The number of alkyl carbamates (subject to hydrolysis) is 1. The fourth-order valence-corrected chi connectivity index (χ4v) is 4.09. The van der Waals surface area contributed by atoms with Crippen LogP contribution in [0.4, 0.5) is 10.5 Å². The summed E-state index contributed by atoms with van der Waals surface area (Å²) in [7, 11) is 0. The first-order valence-corrected chi connectivity index (χ1v) is 11.0. The highest BCUT2D eigenvalue weighted by atomic mass is 16.5. The number of hydrogen-bond acceptors (Lipinski definition) is 5. The van der Waals surface area contributed by atoms with Gasteiger partial charge in [-0.15, -0.1) is 0 Å². The molecule has 4 rings (SSSR count). The smallest absolute Gasteiger partial charge is 0.408 e. The average molecular weight is 463 g/mol. The largest absolute Gasteiger partial charge is 0.480 e. The van der Waals surface area contributed by atoms with Gasteiger partial charge in [0.15, 0.2) is 0 Å². The van der Waals surface area contributed by atoms with Crippen LogP contribution in [0.25, 0.3) is 11.1 Å². The number of hydrogen-bond donors (Lipinski definition) is 3. The zero-order chi connectivity index (χ0) is 24.3. The SMILES string of the molecule is CCC(C)(NC(=O)OCC1c2ccccc2-c2ccccc21)C(=O)Nc1cnn(CC(=O)O)c1. The molecule has 9 nitrogen and oxygen atoms in total. The van der Waals surface area contributed by atoms with E-state index in [0.717, 1.165) is 22.3 Å². The summed E-state index contributed by atoms with van der Waals surface area (Å²) >= 11 is 0. The van der Waals surface area contributed by atoms with Crippen LogP contribution in [0.15, 0.2) is 60.9 Å². The van der Waals surface area contributed by atoms with E-state index in [4.69, 9.17) is 9.84 Å². The lowest BCUT2D eigenvalue weighted by Crippen LogP contribution is -2.54. The van der Waals surface area contributed by atoms with Gasteiger partial charge in [-0.2, -0.15) is 5.10 Å². The van der Waals surface area contributed by atoms with Crippen molar-refractivity contribution in [1.29, 1.82) is 0 Å². The monoisotopic (exact) mass is 462 g/mol. The molecule has 0 spiro atoms. The maximum absolute atomic E-state index is 12.9. The zero-order valence-corrected chi connectivity index (χ0v) is 18.9. The van der Waals surface area contributed by atoms with Crippen LogP contribution in [0.2, 0.25) is 0 Å². The van der Waals surface area contributed by atoms with Crippen LogP contribution >= 0.6 is 0 Å². The average Bonchev–Trinajstić information content (AvgIpc) is 3.38. The Morgan fingerprint density at radius 2 is 1.71 bits per heavy atom. The third-order valence-electron chi connectivity index (χ3n) is 6.12. The van der Waals surface area contributed by atoms with Crippen molar-refractivity contribution in [3.8, 4) is 11.1 Å². The van der Waals surface area contributed by atoms with Gasteiger partial charge < -0.3 is 20.5 Å². The molecule has 2 aromatic carbocycles. The van der Waals surface area contributed by atoms with Gasteiger partial charge >= 0.3 is 12.1 Å². The molecule has 3 aromatic rings. The standard InChI is InChI=1S/C25H26N4O5/c1-3-25(2,23(32)27-16-12-26-29(13-16)14-22(30)31)28-24(33)34-15-21-19-10-6-4-8-17(19)18-9-5-7-11-20(18)21/h4-13,21H,3,14-15H2,1-2H3,(H,27,32)(H,28,33)(H,30,31). The summed E-state index contributed by atoms with van der Waals surface area (Å²) in [4.78, 5) is 36.4. The van der Waals surface area contributed by atoms with Gasteiger partial charge in [0.1, 0.15) is 18.7 Å². The van der Waals surface area contributed by atoms with Crippen molar-refractivity contribution in [2.75, 3.05) is 11.9 Å². The highest BCUT2D eigenvalue weighted by Gasteiger charge is 2.35. The van der Waals surface area contributed by atoms with Gasteiger partial charge in [-0.3, -0.25) is 14.3 Å². The number of anilines is 1. The van der Waals surface area contributed by atoms with Crippen molar-refractivity contribution in [1.82, 2.24) is 15.1 Å². The quantitative estimate of drug-likeness (QED) is 0.470. The van der Waals surface area contributed by atoms with E-state index < -0.39 is 23.5 Å². The molecule has 1 aliphatic rings. The number of benzene rings is 2. The molecule has 176 valence electrons. The number of aromatic nitrogens is 2. The number of carboxylic acids is 1. The second-order valence-electron chi connectivity index (χ2n) is 8.41. The van der Waals surface area contributed by atoms with Gasteiger partial charge in [0.25, 0.3) is 0 Å². The van der Waals surface area contributed by atoms with Gasteiger partial charge in [-0.05, 0) is 35.6 Å². The summed E-state index contributed by atoms with van der Waals surface area (Å²) < 4.78 is 6.77. The molecule has 1 unspecified atom stereocenters. The summed E-state index contributed by atoms with van der Waals surface area (Å²) in [5.41, 5.74) is 3.57. The van der Waals surface area contributed by atoms with Gasteiger partial charge in [0.2, 0.25) is 5.91 Å². The number of carboxylic acid groups (broad SMARTS) is 1. The molecule has 1 aromatic heterocycles. The fourth-order valence-electron chi connectivity index (χ4n) is 4.09. The lowest BCUT2D eigenvalue weighted by molar-refractivity contribution is -0.137. The second kappa shape index (κ2) is 9.38. The summed E-state index contributed by atoms with van der Waals surface area (Å²) in [5, 5.41) is 18.1. The van der Waals surface area contributed by atoms with Crippen molar-refractivity contribution >= 4 is 23.7 Å². The third-order valence-corrected chi connectivity index (χ3v) is 6.12. The summed E-state index contributed by atoms with van der Waals surface area (Å²) in [5.74, 6) is -1.59. The van der Waals surface area contributed by atoms with E-state index in [0.29, 0.717) is 12.1 Å². The van der Waals surface area contributed by atoms with E-state index in [2.05, 4.69) is 27.9 Å². The minimum Gasteiger partial charge on any atom is -0.480 e. The number of carbonyl (C=O) groups is 3. The van der Waals surface area contributed by atoms with E-state index in [1.54, 1.807) is 13.8 Å². The Kier molecular flexibility index (Phi) is 6.36. The highest BCUT2D eigenvalue weighted by molar-refractivity contribution is 5.99. The highest BCUT2D eigenvalue weighted by Crippen LogP contribution is 2.44. The first kappa shape index (κ1) is 23.0. The summed E-state index contributed by atoms with van der Waals surface area (Å²) in [6, 6.07) is 16.1. The van der Waals surface area contributed by atoms with E-state index in [-0.39, 0.29) is 19.1 Å². The van der Waals surface area contributed by atoms with Crippen LogP contribution in [0.5, 0.6) is 0 Å². The van der Waals surface area contributed by atoms with Crippen LogP contribution in [0.3, 0.4) is 0 Å². The molecule has 1 heterocycles. The first-order valence-electron chi connectivity index (χ1n) is 11.0. The lowest BCUT2D eigenvalue weighted by atomic mass is 9.97. The molecule has 2 amide bonds. The van der Waals surface area contributed by atoms with Gasteiger partial charge in [0, 0.05) is 12.1 Å². The Bertz CT molecular complexity index is 1190. The normalized spacial score (nSPS) is 13.9. The summed E-state index contributed by atoms with van der Waals surface area (Å²) in [6.45, 7) is 3.20. The Morgan fingerprint density at radius 1 is 1.09 bits per heavy atom. The van der Waals surface area contributed by atoms with E-state index >= 15 is 0 Å². The van der Waals surface area contributed by atoms with Crippen LogP contribution in [0.1, 0.15) is 37.3 Å². The number of fused-ring (bicyclic) bond motifs is 3. The first-order chi connectivity index (χ1) is 16.3. The molecule has 0 saturated carbocycles. The molecule has 0 saturated heterocycles. The predicted molar refractivity (Wildman–Crippen MR) is 125 cm³/mol. The molecule has 3 N–H and O–H groups in total. The van der Waals surface area contributed by atoms with Crippen LogP contribution < -0.4 is 10.6 Å². The maximum atomic E-state index is 12.9. The number of nitrogens with one attached hydrogen (secondary N) is 2. The minimum atomic E-state index is -1.24. The van der Waals surface area contributed by atoms with Crippen molar-refractivity contribution in [3.05, 3.63) is 72.1 Å². The van der Waals surface area contributed by atoms with E-state index in [9.17, 15) is 14.4 Å². The Hall–Kier alpha value is -4.14. The lowest BCUT2D eigenvalue weighted by Gasteiger charge is -2.28. The van der Waals surface area contributed by atoms with Crippen molar-refractivity contribution in [2.24, 2.45) is 0 Å². The van der Waals surface area contributed by atoms with Gasteiger partial charge in [-0.25, -0.2) is 4.79 Å².